The van der Waals surface area contributed by atoms with Crippen molar-refractivity contribution in [2.45, 2.75) is 47.0 Å². The maximum atomic E-state index is 6.71. The molecule has 1 radical (unpaired) electrons. The van der Waals surface area contributed by atoms with E-state index in [-0.39, 0.29) is 11.6 Å². The number of benzene rings is 2. The van der Waals surface area contributed by atoms with E-state index < -0.39 is 9.04 Å². The van der Waals surface area contributed by atoms with E-state index in [1.54, 1.807) is 0 Å². The summed E-state index contributed by atoms with van der Waals surface area (Å²) >= 11 is 0. The van der Waals surface area contributed by atoms with Crippen LogP contribution in [-0.4, -0.2) is 23.6 Å². The highest BCUT2D eigenvalue weighted by atomic mass is 28.3. The van der Waals surface area contributed by atoms with Gasteiger partial charge in [-0.05, 0) is 36.7 Å². The molecule has 1 atom stereocenters. The monoisotopic (exact) mass is 457 g/mol. The van der Waals surface area contributed by atoms with Crippen molar-refractivity contribution in [3.05, 3.63) is 78.7 Å². The van der Waals surface area contributed by atoms with Crippen molar-refractivity contribution in [1.82, 2.24) is 14.5 Å². The molecule has 2 aromatic carbocycles. The summed E-state index contributed by atoms with van der Waals surface area (Å²) in [6.07, 6.45) is 3.77. The summed E-state index contributed by atoms with van der Waals surface area (Å²) in [6, 6.07) is 20.4. The molecule has 0 amide bonds. The van der Waals surface area contributed by atoms with Crippen LogP contribution in [0.15, 0.2) is 78.0 Å². The number of hydrogen-bond donors (Lipinski definition) is 1. The Bertz CT molecular complexity index is 1270. The molecule has 2 aromatic heterocycles. The first-order chi connectivity index (χ1) is 15.8. The quantitative estimate of drug-likeness (QED) is 0.313. The third-order valence-electron chi connectivity index (χ3n) is 6.44. The van der Waals surface area contributed by atoms with Crippen LogP contribution in [0.2, 0.25) is 13.1 Å². The van der Waals surface area contributed by atoms with Crippen LogP contribution in [0.1, 0.15) is 33.9 Å². The molecule has 4 rings (SSSR count). The lowest BCUT2D eigenvalue weighted by atomic mass is 9.79. The lowest BCUT2D eigenvalue weighted by Gasteiger charge is -2.40. The van der Waals surface area contributed by atoms with Crippen LogP contribution >= 0.6 is 0 Å². The smallest absolute Gasteiger partial charge is 0.233 e. The lowest BCUT2D eigenvalue weighted by molar-refractivity contribution is -0.0199. The number of nitrogens with zero attached hydrogens (tertiary/aromatic N) is 3. The van der Waals surface area contributed by atoms with Gasteiger partial charge in [-0.1, -0.05) is 76.2 Å². The zero-order valence-electron chi connectivity index (χ0n) is 20.3. The van der Waals surface area contributed by atoms with Crippen molar-refractivity contribution in [2.24, 2.45) is 16.3 Å². The molecule has 0 aliphatic rings. The molecule has 0 fully saturated rings. The number of rotatable bonds is 7. The second-order valence-electron chi connectivity index (χ2n) is 9.56. The highest BCUT2D eigenvalue weighted by Gasteiger charge is 2.37. The Morgan fingerprint density at radius 3 is 2.24 bits per heavy atom. The molecular formula is C27H33N4OSi. The van der Waals surface area contributed by atoms with Gasteiger partial charge in [-0.15, -0.1) is 0 Å². The van der Waals surface area contributed by atoms with Crippen LogP contribution in [0.25, 0.3) is 22.2 Å². The van der Waals surface area contributed by atoms with Crippen molar-refractivity contribution in [1.29, 1.82) is 0 Å². The largest absolute Gasteiger partial charge is 0.397 e. The molecule has 4 aromatic rings. The predicted molar refractivity (Wildman–Crippen MR) is 137 cm³/mol. The van der Waals surface area contributed by atoms with Crippen molar-refractivity contribution in [3.8, 4) is 11.1 Å². The molecule has 0 saturated heterocycles. The van der Waals surface area contributed by atoms with Gasteiger partial charge in [0, 0.05) is 28.8 Å². The Kier molecular flexibility index (Phi) is 6.67. The molecule has 0 spiro atoms. The van der Waals surface area contributed by atoms with E-state index in [1.807, 2.05) is 42.6 Å². The minimum atomic E-state index is -1.00. The highest BCUT2D eigenvalue weighted by molar-refractivity contribution is 6.48. The van der Waals surface area contributed by atoms with Gasteiger partial charge in [0.15, 0.2) is 0 Å². The van der Waals surface area contributed by atoms with E-state index >= 15 is 0 Å². The van der Waals surface area contributed by atoms with Gasteiger partial charge in [0.25, 0.3) is 0 Å². The molecule has 5 nitrogen and oxygen atoms in total. The molecule has 33 heavy (non-hydrogen) atoms. The summed E-state index contributed by atoms with van der Waals surface area (Å²) in [7, 11) is -1.00. The number of hydrogen-bond acceptors (Lipinski definition) is 3. The molecule has 2 heterocycles. The topological polar surface area (TPSA) is 55.2 Å². The molecular weight excluding hydrogens is 424 g/mol. The summed E-state index contributed by atoms with van der Waals surface area (Å²) in [6.45, 7) is 13.4. The Hall–Kier alpha value is -2.96. The van der Waals surface area contributed by atoms with Crippen LogP contribution in [0.5, 0.6) is 0 Å². The van der Waals surface area contributed by atoms with Gasteiger partial charge >= 0.3 is 0 Å². The van der Waals surface area contributed by atoms with E-state index in [9.17, 15) is 0 Å². The first kappa shape index (κ1) is 23.2. The van der Waals surface area contributed by atoms with Crippen molar-refractivity contribution < 1.29 is 4.43 Å². The molecule has 1 unspecified atom stereocenters. The Morgan fingerprint density at radius 1 is 1.00 bits per heavy atom. The van der Waals surface area contributed by atoms with Gasteiger partial charge in [-0.3, -0.25) is 4.57 Å². The van der Waals surface area contributed by atoms with E-state index in [0.29, 0.717) is 11.5 Å². The summed E-state index contributed by atoms with van der Waals surface area (Å²) in [4.78, 5) is 13.3. The molecule has 1 N–H and O–H groups in total. The van der Waals surface area contributed by atoms with Gasteiger partial charge in [0.2, 0.25) is 14.7 Å². The van der Waals surface area contributed by atoms with Crippen LogP contribution in [0, 0.1) is 11.3 Å². The molecule has 171 valence electrons. The molecule has 6 heteroatoms. The highest BCUT2D eigenvalue weighted by Crippen LogP contribution is 2.40. The van der Waals surface area contributed by atoms with Gasteiger partial charge in [-0.25, -0.2) is 9.98 Å². The van der Waals surface area contributed by atoms with Crippen LogP contribution in [0.3, 0.4) is 0 Å². The number of aromatic nitrogens is 3. The number of H-pyrrole nitrogens is 1. The fourth-order valence-corrected chi connectivity index (χ4v) is 4.72. The Morgan fingerprint density at radius 2 is 1.64 bits per heavy atom. The zero-order chi connectivity index (χ0) is 23.6. The summed E-state index contributed by atoms with van der Waals surface area (Å²) < 4.78 is 8.88. The van der Waals surface area contributed by atoms with Gasteiger partial charge in [0.05, 0.1) is 5.69 Å². The summed E-state index contributed by atoms with van der Waals surface area (Å²) in [5.41, 5.74) is 4.60. The minimum absolute atomic E-state index is 0.151. The van der Waals surface area contributed by atoms with E-state index in [1.165, 1.54) is 0 Å². The van der Waals surface area contributed by atoms with Crippen molar-refractivity contribution in [2.75, 3.05) is 0 Å². The van der Waals surface area contributed by atoms with Crippen molar-refractivity contribution >= 4 is 25.8 Å². The molecule has 0 bridgehead atoms. The summed E-state index contributed by atoms with van der Waals surface area (Å²) in [5, 5.41) is 1.06. The van der Waals surface area contributed by atoms with Crippen LogP contribution < -0.4 is 5.62 Å². The third-order valence-corrected chi connectivity index (χ3v) is 7.14. The van der Waals surface area contributed by atoms with Gasteiger partial charge in [0.1, 0.15) is 11.9 Å². The standard InChI is InChI=1S/C27H33N4OSi/c1-19(2)27(3,4)25(32-33(5)6)31-24-23(22(17-28-24)20-13-9-7-10-14-20)18-29-26(31)30-21-15-11-8-12-16-21/h7-19,25,28H,1-6H3. The predicted octanol–water partition coefficient (Wildman–Crippen LogP) is 6.71. The SMILES string of the molecule is CC(C)C(C)(C)C(O[Si](C)C)n1c(=Nc2ccccc2)ncc2c(-c3ccccc3)c[nH]c21. The van der Waals surface area contributed by atoms with E-state index in [2.05, 4.69) is 80.8 Å². The molecule has 0 aliphatic carbocycles. The average Bonchev–Trinajstić information content (AvgIpc) is 3.23. The van der Waals surface area contributed by atoms with Crippen LogP contribution in [0.4, 0.5) is 5.69 Å². The summed E-state index contributed by atoms with van der Waals surface area (Å²) in [5.74, 6) is 0.389. The fourth-order valence-electron chi connectivity index (χ4n) is 3.86. The van der Waals surface area contributed by atoms with Crippen LogP contribution in [-0.2, 0) is 4.43 Å². The normalized spacial score (nSPS) is 13.9. The fraction of sp³-hybridized carbons (Fsp3) is 0.333. The van der Waals surface area contributed by atoms with Gasteiger partial charge in [-0.2, -0.15) is 0 Å². The lowest BCUT2D eigenvalue weighted by Crippen LogP contribution is -2.42. The Balaban J connectivity index is 2.04. The van der Waals surface area contributed by atoms with E-state index in [0.717, 1.165) is 27.8 Å². The zero-order valence-corrected chi connectivity index (χ0v) is 21.3. The molecule has 0 aliphatic heterocycles. The molecule has 0 saturated carbocycles. The second kappa shape index (κ2) is 9.49. The third kappa shape index (κ3) is 4.72. The Labute approximate surface area is 197 Å². The maximum absolute atomic E-state index is 6.71. The van der Waals surface area contributed by atoms with Crippen molar-refractivity contribution in [3.63, 3.8) is 0 Å². The number of para-hydroxylation sites is 1. The number of aromatic amines is 1. The number of nitrogens with one attached hydrogen (secondary N) is 1. The van der Waals surface area contributed by atoms with E-state index in [4.69, 9.17) is 14.4 Å². The van der Waals surface area contributed by atoms with Gasteiger partial charge < -0.3 is 9.41 Å². The minimum Gasteiger partial charge on any atom is -0.397 e. The first-order valence-corrected chi connectivity index (χ1v) is 13.9. The first-order valence-electron chi connectivity index (χ1n) is 11.5. The average molecular weight is 458 g/mol. The maximum Gasteiger partial charge on any atom is 0.233 e. The number of fused-ring (bicyclic) bond motifs is 1. The second-order valence-corrected chi connectivity index (χ2v) is 11.6.